The summed E-state index contributed by atoms with van der Waals surface area (Å²) in [5.74, 6) is 0. The second-order valence-corrected chi connectivity index (χ2v) is 7.01. The molecule has 0 radical (unpaired) electrons. The molecule has 0 atom stereocenters. The van der Waals surface area contributed by atoms with Crippen molar-refractivity contribution in [3.8, 4) is 0 Å². The van der Waals surface area contributed by atoms with E-state index < -0.39 is 35.7 Å². The first-order chi connectivity index (χ1) is 10.6. The lowest BCUT2D eigenvalue weighted by molar-refractivity contribution is -0.435. The van der Waals surface area contributed by atoms with Gasteiger partial charge in [0.05, 0.1) is 0 Å². The van der Waals surface area contributed by atoms with Gasteiger partial charge in [0.1, 0.15) is 9.79 Å². The van der Waals surface area contributed by atoms with Gasteiger partial charge in [0.25, 0.3) is 20.2 Å². The summed E-state index contributed by atoms with van der Waals surface area (Å²) in [6.07, 6.45) is 0. The molecule has 0 unspecified atom stereocenters. The minimum Gasteiger partial charge on any atom is -0.594 e. The molecule has 0 saturated heterocycles. The van der Waals surface area contributed by atoms with E-state index in [2.05, 4.69) is 5.11 Å². The summed E-state index contributed by atoms with van der Waals surface area (Å²) in [6.45, 7) is 0. The van der Waals surface area contributed by atoms with Crippen LogP contribution in [-0.2, 0) is 20.2 Å². The molecule has 0 heterocycles. The third kappa shape index (κ3) is 3.90. The first kappa shape index (κ1) is 17.0. The molecule has 0 amide bonds. The summed E-state index contributed by atoms with van der Waals surface area (Å²) in [4.78, 5) is -2.21. The van der Waals surface area contributed by atoms with Crippen molar-refractivity contribution in [2.75, 3.05) is 0 Å². The summed E-state index contributed by atoms with van der Waals surface area (Å²) in [6, 6.07) is 10.3. The number of para-hydroxylation sites is 1. The van der Waals surface area contributed by atoms with Crippen LogP contribution in [0.3, 0.4) is 0 Å². The predicted molar refractivity (Wildman–Crippen MR) is 77.9 cm³/mol. The van der Waals surface area contributed by atoms with Gasteiger partial charge in [-0.2, -0.15) is 16.8 Å². The molecule has 2 aromatic carbocycles. The lowest BCUT2D eigenvalue weighted by atomic mass is 10.3. The minimum absolute atomic E-state index is 0.0473. The zero-order valence-electron chi connectivity index (χ0n) is 11.3. The lowest BCUT2D eigenvalue weighted by Gasteiger charge is -2.06. The van der Waals surface area contributed by atoms with Crippen LogP contribution in [0.4, 0.5) is 11.4 Å². The van der Waals surface area contributed by atoms with E-state index in [4.69, 9.17) is 4.55 Å². The van der Waals surface area contributed by atoms with Crippen molar-refractivity contribution in [2.24, 2.45) is 5.11 Å². The van der Waals surface area contributed by atoms with E-state index in [9.17, 15) is 26.6 Å². The fourth-order valence-corrected chi connectivity index (χ4v) is 3.67. The summed E-state index contributed by atoms with van der Waals surface area (Å²) >= 11 is 0. The van der Waals surface area contributed by atoms with Gasteiger partial charge in [-0.25, -0.2) is 0 Å². The molecule has 0 spiro atoms. The fraction of sp³-hybridized carbons (Fsp3) is 0. The molecule has 2 N–H and O–H groups in total. The average Bonchev–Trinajstić information content (AvgIpc) is 2.46. The first-order valence-corrected chi connectivity index (χ1v) is 8.80. The number of benzene rings is 2. The van der Waals surface area contributed by atoms with Crippen molar-refractivity contribution in [1.82, 2.24) is 0 Å². The number of hydrogen-bond acceptors (Lipinski definition) is 6. The Morgan fingerprint density at radius 1 is 0.870 bits per heavy atom. The van der Waals surface area contributed by atoms with Gasteiger partial charge < -0.3 is 5.21 Å². The van der Waals surface area contributed by atoms with Crippen molar-refractivity contribution in [3.63, 3.8) is 0 Å². The van der Waals surface area contributed by atoms with Crippen LogP contribution >= 0.6 is 0 Å². The Labute approximate surface area is 131 Å². The second-order valence-electron chi connectivity index (χ2n) is 4.26. The molecule has 0 aliphatic carbocycles. The molecule has 0 bridgehead atoms. The molecule has 9 nitrogen and oxygen atoms in total. The average molecular weight is 358 g/mol. The first-order valence-electron chi connectivity index (χ1n) is 5.92. The Kier molecular flexibility index (Phi) is 4.47. The van der Waals surface area contributed by atoms with Crippen LogP contribution in [0.25, 0.3) is 0 Å². The zero-order valence-corrected chi connectivity index (χ0v) is 12.9. The van der Waals surface area contributed by atoms with E-state index in [0.29, 0.717) is 0 Å². The number of rotatable bonds is 4. The van der Waals surface area contributed by atoms with Crippen LogP contribution in [0.5, 0.6) is 0 Å². The van der Waals surface area contributed by atoms with Gasteiger partial charge in [0.2, 0.25) is 5.69 Å². The van der Waals surface area contributed by atoms with Crippen LogP contribution < -0.4 is 0 Å². The molecular formula is C12H10N2O7S2. The highest BCUT2D eigenvalue weighted by Gasteiger charge is 2.28. The van der Waals surface area contributed by atoms with Crippen LogP contribution in [0.1, 0.15) is 0 Å². The molecule has 0 aromatic heterocycles. The highest BCUT2D eigenvalue weighted by Crippen LogP contribution is 2.31. The Hall–Kier alpha value is -2.34. The largest absolute Gasteiger partial charge is 0.594 e. The molecule has 0 aliphatic rings. The minimum atomic E-state index is -5.07. The SMILES string of the molecule is O=S(=O)(O)c1cccc(N=[N+]([O-])c2ccccc2)c1S(=O)(=O)O. The van der Waals surface area contributed by atoms with E-state index >= 15 is 0 Å². The molecule has 11 heteroatoms. The number of azo groups is 1. The van der Waals surface area contributed by atoms with E-state index in [0.717, 1.165) is 18.2 Å². The third-order valence-electron chi connectivity index (χ3n) is 2.67. The van der Waals surface area contributed by atoms with E-state index in [1.807, 2.05) is 0 Å². The van der Waals surface area contributed by atoms with E-state index in [-0.39, 0.29) is 10.5 Å². The summed E-state index contributed by atoms with van der Waals surface area (Å²) < 4.78 is 63.7. The summed E-state index contributed by atoms with van der Waals surface area (Å²) in [5, 5.41) is 15.3. The van der Waals surface area contributed by atoms with Gasteiger partial charge in [-0.15, -0.1) is 0 Å². The van der Waals surface area contributed by atoms with Gasteiger partial charge in [-0.3, -0.25) is 9.11 Å². The Bertz CT molecular complexity index is 968. The molecule has 122 valence electrons. The monoisotopic (exact) mass is 358 g/mol. The van der Waals surface area contributed by atoms with Crippen molar-refractivity contribution < 1.29 is 30.8 Å². The van der Waals surface area contributed by atoms with Crippen molar-refractivity contribution in [1.29, 1.82) is 0 Å². The van der Waals surface area contributed by atoms with Gasteiger partial charge in [-0.1, -0.05) is 29.1 Å². The van der Waals surface area contributed by atoms with Crippen molar-refractivity contribution in [2.45, 2.75) is 9.79 Å². The summed E-state index contributed by atoms with van der Waals surface area (Å²) in [5.41, 5.74) is -0.590. The Balaban J connectivity index is 2.74. The van der Waals surface area contributed by atoms with Crippen molar-refractivity contribution >= 4 is 31.6 Å². The Morgan fingerprint density at radius 3 is 2.00 bits per heavy atom. The van der Waals surface area contributed by atoms with Gasteiger partial charge >= 0.3 is 0 Å². The van der Waals surface area contributed by atoms with Crippen LogP contribution in [0.15, 0.2) is 63.4 Å². The molecule has 0 aliphatic heterocycles. The lowest BCUT2D eigenvalue weighted by Crippen LogP contribution is -2.09. The quantitative estimate of drug-likeness (QED) is 0.368. The predicted octanol–water partition coefficient (Wildman–Crippen LogP) is 2.11. The van der Waals surface area contributed by atoms with Crippen LogP contribution in [0, 0.1) is 5.21 Å². The summed E-state index contributed by atoms with van der Waals surface area (Å²) in [7, 11) is -10.0. The Morgan fingerprint density at radius 2 is 1.48 bits per heavy atom. The maximum atomic E-state index is 11.9. The topological polar surface area (TPSA) is 147 Å². The third-order valence-corrected chi connectivity index (χ3v) is 4.64. The normalized spacial score (nSPS) is 13.0. The van der Waals surface area contributed by atoms with E-state index in [1.165, 1.54) is 24.3 Å². The maximum absolute atomic E-state index is 11.9. The zero-order chi connectivity index (χ0) is 17.3. The highest BCUT2D eigenvalue weighted by molar-refractivity contribution is 7.89. The van der Waals surface area contributed by atoms with E-state index in [1.54, 1.807) is 6.07 Å². The van der Waals surface area contributed by atoms with Gasteiger partial charge in [0.15, 0.2) is 5.69 Å². The number of hydrogen-bond donors (Lipinski definition) is 2. The van der Waals surface area contributed by atoms with Crippen molar-refractivity contribution in [3.05, 3.63) is 53.7 Å². The van der Waals surface area contributed by atoms with Gasteiger partial charge in [-0.05, 0) is 12.1 Å². The maximum Gasteiger partial charge on any atom is 0.298 e. The molecule has 2 rings (SSSR count). The van der Waals surface area contributed by atoms with Crippen LogP contribution in [-0.4, -0.2) is 30.8 Å². The van der Waals surface area contributed by atoms with Gasteiger partial charge in [0, 0.05) is 17.2 Å². The molecule has 0 fully saturated rings. The second kappa shape index (κ2) is 6.04. The van der Waals surface area contributed by atoms with Crippen LogP contribution in [0.2, 0.25) is 0 Å². The number of nitrogens with zero attached hydrogens (tertiary/aromatic N) is 2. The molecule has 23 heavy (non-hydrogen) atoms. The highest BCUT2D eigenvalue weighted by atomic mass is 32.2. The standard InChI is InChI=1S/C12H10N2O7S2/c15-14(9-5-2-1-3-6-9)13-10-7-4-8-11(22(16,17)18)12(10)23(19,20)21/h1-8H,(H,16,17,18)(H,19,20,21). The fourth-order valence-electron chi connectivity index (χ4n) is 1.76. The smallest absolute Gasteiger partial charge is 0.298 e. The molecular weight excluding hydrogens is 348 g/mol. The molecule has 0 saturated carbocycles. The molecule has 2 aromatic rings.